The number of aromatic nitrogens is 7. The zero-order valence-corrected chi connectivity index (χ0v) is 17.7. The van der Waals surface area contributed by atoms with E-state index in [1.54, 1.807) is 10.7 Å². The number of aromatic amines is 1. The van der Waals surface area contributed by atoms with E-state index >= 15 is 0 Å². The van der Waals surface area contributed by atoms with Gasteiger partial charge in [0.15, 0.2) is 5.65 Å². The number of fused-ring (bicyclic) bond motifs is 1. The van der Waals surface area contributed by atoms with Crippen molar-refractivity contribution in [2.45, 2.75) is 26.2 Å². The quantitative estimate of drug-likeness (QED) is 0.393. The molecule has 31 heavy (non-hydrogen) atoms. The molecule has 154 valence electrons. The lowest BCUT2D eigenvalue weighted by Crippen LogP contribution is -2.06. The molecule has 0 spiro atoms. The van der Waals surface area contributed by atoms with E-state index in [4.69, 9.17) is 16.6 Å². The van der Waals surface area contributed by atoms with Crippen LogP contribution >= 0.6 is 11.6 Å². The molecule has 0 radical (unpaired) electrons. The number of tetrazole rings is 1. The molecule has 0 aliphatic rings. The van der Waals surface area contributed by atoms with Crippen molar-refractivity contribution in [2.75, 3.05) is 0 Å². The maximum atomic E-state index is 6.72. The van der Waals surface area contributed by atoms with Gasteiger partial charge in [0.05, 0.1) is 6.20 Å². The lowest BCUT2D eigenvalue weighted by atomic mass is 9.96. The van der Waals surface area contributed by atoms with Gasteiger partial charge in [0.2, 0.25) is 5.82 Å². The summed E-state index contributed by atoms with van der Waals surface area (Å²) >= 11 is 6.72. The third-order valence-electron chi connectivity index (χ3n) is 5.30. The first-order valence-electron chi connectivity index (χ1n) is 10.2. The molecule has 2 aromatic carbocycles. The van der Waals surface area contributed by atoms with Gasteiger partial charge in [-0.15, -0.1) is 10.2 Å². The van der Waals surface area contributed by atoms with Crippen LogP contribution in [0.1, 0.15) is 30.2 Å². The number of halogens is 1. The molecule has 0 atom stereocenters. The van der Waals surface area contributed by atoms with Gasteiger partial charge in [-0.1, -0.05) is 73.5 Å². The second kappa shape index (κ2) is 8.28. The average molecular weight is 430 g/mol. The van der Waals surface area contributed by atoms with Gasteiger partial charge < -0.3 is 0 Å². The van der Waals surface area contributed by atoms with Crippen LogP contribution in [0.5, 0.6) is 0 Å². The lowest BCUT2D eigenvalue weighted by molar-refractivity contribution is 0.832. The third kappa shape index (κ3) is 3.68. The third-order valence-corrected chi connectivity index (χ3v) is 5.69. The molecule has 0 amide bonds. The van der Waals surface area contributed by atoms with Crippen LogP contribution < -0.4 is 0 Å². The highest BCUT2D eigenvalue weighted by molar-refractivity contribution is 6.30. The minimum atomic E-state index is 0.578. The summed E-state index contributed by atoms with van der Waals surface area (Å²) in [6, 6.07) is 18.4. The fraction of sp³-hybridized carbons (Fsp3) is 0.174. The van der Waals surface area contributed by atoms with Crippen molar-refractivity contribution in [2.24, 2.45) is 0 Å². The SMILES string of the molecule is CCCc1nc2ccnn2c(Cl)c1Cc1ccc(-c2ccccc2-c2nn[nH]n2)cc1. The first-order chi connectivity index (χ1) is 15.2. The number of rotatable bonds is 6. The molecule has 8 heteroatoms. The summed E-state index contributed by atoms with van der Waals surface area (Å²) in [5, 5.41) is 19.4. The van der Waals surface area contributed by atoms with Gasteiger partial charge >= 0.3 is 0 Å². The Labute approximate surface area is 184 Å². The van der Waals surface area contributed by atoms with Gasteiger partial charge in [-0.05, 0) is 28.3 Å². The van der Waals surface area contributed by atoms with Crippen molar-refractivity contribution >= 4 is 17.2 Å². The summed E-state index contributed by atoms with van der Waals surface area (Å²) in [5.74, 6) is 0.578. The van der Waals surface area contributed by atoms with E-state index in [2.05, 4.69) is 63.0 Å². The minimum Gasteiger partial charge on any atom is -0.233 e. The topological polar surface area (TPSA) is 84.6 Å². The summed E-state index contributed by atoms with van der Waals surface area (Å²) < 4.78 is 1.70. The highest BCUT2D eigenvalue weighted by atomic mass is 35.5. The monoisotopic (exact) mass is 429 g/mol. The van der Waals surface area contributed by atoms with Crippen LogP contribution in [0.2, 0.25) is 5.15 Å². The van der Waals surface area contributed by atoms with E-state index < -0.39 is 0 Å². The molecule has 1 N–H and O–H groups in total. The molecule has 0 unspecified atom stereocenters. The molecule has 0 bridgehead atoms. The Balaban J connectivity index is 1.49. The fourth-order valence-corrected chi connectivity index (χ4v) is 4.12. The number of nitrogens with one attached hydrogen (secondary N) is 1. The van der Waals surface area contributed by atoms with Crippen LogP contribution in [0.15, 0.2) is 60.8 Å². The minimum absolute atomic E-state index is 0.578. The summed E-state index contributed by atoms with van der Waals surface area (Å²) in [4.78, 5) is 4.78. The standard InChI is InChI=1S/C23H20ClN7/c1-2-5-20-19(22(24)31-21(26-20)12-13-25-31)14-15-8-10-16(11-9-15)17-6-3-4-7-18(17)23-27-29-30-28-23/h3-4,6-13H,2,5,14H2,1H3,(H,27,28,29,30). The van der Waals surface area contributed by atoms with E-state index in [9.17, 15) is 0 Å². The highest BCUT2D eigenvalue weighted by Crippen LogP contribution is 2.31. The second-order valence-corrected chi connectivity index (χ2v) is 7.69. The largest absolute Gasteiger partial charge is 0.233 e. The predicted molar refractivity (Wildman–Crippen MR) is 120 cm³/mol. The summed E-state index contributed by atoms with van der Waals surface area (Å²) in [5.41, 5.74) is 7.08. The Morgan fingerprint density at radius 1 is 1.00 bits per heavy atom. The van der Waals surface area contributed by atoms with E-state index in [1.165, 1.54) is 0 Å². The molecule has 5 rings (SSSR count). The molecule has 3 heterocycles. The molecular formula is C23H20ClN7. The van der Waals surface area contributed by atoms with Crippen molar-refractivity contribution in [3.05, 3.63) is 82.8 Å². The van der Waals surface area contributed by atoms with Crippen LogP contribution in [0.3, 0.4) is 0 Å². The predicted octanol–water partition coefficient (Wildman–Crippen LogP) is 4.77. The van der Waals surface area contributed by atoms with E-state index in [1.807, 2.05) is 24.3 Å². The van der Waals surface area contributed by atoms with Crippen LogP contribution in [0.25, 0.3) is 28.2 Å². The number of hydrogen-bond acceptors (Lipinski definition) is 5. The Morgan fingerprint density at radius 3 is 2.55 bits per heavy atom. The lowest BCUT2D eigenvalue weighted by Gasteiger charge is -2.13. The fourth-order valence-electron chi connectivity index (χ4n) is 3.82. The summed E-state index contributed by atoms with van der Waals surface area (Å²) in [6.07, 6.45) is 4.31. The van der Waals surface area contributed by atoms with Crippen LogP contribution in [-0.4, -0.2) is 35.2 Å². The number of H-pyrrole nitrogens is 1. The summed E-state index contributed by atoms with van der Waals surface area (Å²) in [7, 11) is 0. The van der Waals surface area contributed by atoms with Gasteiger partial charge in [0.1, 0.15) is 5.15 Å². The molecule has 0 saturated carbocycles. The Bertz CT molecular complexity index is 1320. The molecule has 0 fully saturated rings. The second-order valence-electron chi connectivity index (χ2n) is 7.33. The van der Waals surface area contributed by atoms with Crippen molar-refractivity contribution in [1.29, 1.82) is 0 Å². The van der Waals surface area contributed by atoms with Gasteiger partial charge in [-0.25, -0.2) is 9.50 Å². The van der Waals surface area contributed by atoms with E-state index in [0.29, 0.717) is 17.4 Å². The number of benzene rings is 2. The molecule has 3 aromatic heterocycles. The number of hydrogen-bond donors (Lipinski definition) is 1. The maximum Gasteiger partial charge on any atom is 0.205 e. The van der Waals surface area contributed by atoms with Gasteiger partial charge in [0, 0.05) is 29.3 Å². The van der Waals surface area contributed by atoms with Crippen LogP contribution in [-0.2, 0) is 12.8 Å². The smallest absolute Gasteiger partial charge is 0.205 e. The van der Waals surface area contributed by atoms with E-state index in [0.717, 1.165) is 52.0 Å². The number of nitrogens with zero attached hydrogens (tertiary/aromatic N) is 6. The first kappa shape index (κ1) is 19.4. The van der Waals surface area contributed by atoms with E-state index in [-0.39, 0.29) is 0 Å². The Hall–Kier alpha value is -3.58. The van der Waals surface area contributed by atoms with Gasteiger partial charge in [0.25, 0.3) is 0 Å². The van der Waals surface area contributed by atoms with Crippen molar-refractivity contribution in [1.82, 2.24) is 35.2 Å². The summed E-state index contributed by atoms with van der Waals surface area (Å²) in [6.45, 7) is 2.15. The average Bonchev–Trinajstić information content (AvgIpc) is 3.49. The normalized spacial score (nSPS) is 11.3. The molecule has 7 nitrogen and oxygen atoms in total. The molecule has 0 aliphatic carbocycles. The maximum absolute atomic E-state index is 6.72. The van der Waals surface area contributed by atoms with Crippen molar-refractivity contribution in [3.63, 3.8) is 0 Å². The first-order valence-corrected chi connectivity index (χ1v) is 10.6. The van der Waals surface area contributed by atoms with Crippen molar-refractivity contribution < 1.29 is 0 Å². The highest BCUT2D eigenvalue weighted by Gasteiger charge is 2.15. The zero-order valence-electron chi connectivity index (χ0n) is 17.0. The Morgan fingerprint density at radius 2 is 1.81 bits per heavy atom. The number of aryl methyl sites for hydroxylation is 1. The Kier molecular flexibility index (Phi) is 5.18. The molecule has 5 aromatic rings. The molecular weight excluding hydrogens is 410 g/mol. The molecule has 0 saturated heterocycles. The van der Waals surface area contributed by atoms with Crippen LogP contribution in [0, 0.1) is 0 Å². The van der Waals surface area contributed by atoms with Crippen LogP contribution in [0.4, 0.5) is 0 Å². The van der Waals surface area contributed by atoms with Gasteiger partial charge in [-0.3, -0.25) is 0 Å². The van der Waals surface area contributed by atoms with Crippen molar-refractivity contribution in [3.8, 4) is 22.5 Å². The zero-order chi connectivity index (χ0) is 21.2. The molecule has 0 aliphatic heterocycles. The van der Waals surface area contributed by atoms with Gasteiger partial charge in [-0.2, -0.15) is 10.3 Å².